The van der Waals surface area contributed by atoms with E-state index < -0.39 is 54.5 Å². The molecule has 0 aromatic heterocycles. The van der Waals surface area contributed by atoms with E-state index in [1.807, 2.05) is 6.07 Å². The molecule has 0 radical (unpaired) electrons. The number of aliphatic hydroxyl groups is 1. The summed E-state index contributed by atoms with van der Waals surface area (Å²) in [6.07, 6.45) is -6.14. The molecule has 3 unspecified atom stereocenters. The molecule has 178 valence electrons. The standard InChI is InChI=1S/C27H22O8/c28-19-20-22(31-25(29)16-10-4-1-5-11-16)24-23(32-26(30)17-12-6-2-7-13-17)21(19)34-27(33-20,35-24)18-14-8-3-9-15-18/h1-15,19-24,28H/t19?,20-,21+,22-,23-,24?,27?/m1/s1. The lowest BCUT2D eigenvalue weighted by Gasteiger charge is -2.61. The van der Waals surface area contributed by atoms with Crippen LogP contribution in [0.1, 0.15) is 26.3 Å². The number of hydrogen-bond donors (Lipinski definition) is 1. The second kappa shape index (κ2) is 8.58. The molecule has 3 saturated heterocycles. The second-order valence-electron chi connectivity index (χ2n) is 8.63. The molecule has 4 fully saturated rings. The maximum Gasteiger partial charge on any atom is 0.338 e. The maximum absolute atomic E-state index is 12.9. The Morgan fingerprint density at radius 2 is 1.03 bits per heavy atom. The Hall–Kier alpha value is -3.56. The summed E-state index contributed by atoms with van der Waals surface area (Å²) in [7, 11) is 0. The van der Waals surface area contributed by atoms with E-state index in [0.717, 1.165) is 0 Å². The van der Waals surface area contributed by atoms with Gasteiger partial charge in [-0.15, -0.1) is 0 Å². The average Bonchev–Trinajstić information content (AvgIpc) is 2.91. The molecule has 7 atom stereocenters. The number of carbonyl (C=O) groups excluding carboxylic acids is 2. The first-order chi connectivity index (χ1) is 17.1. The van der Waals surface area contributed by atoms with Crippen LogP contribution in [-0.4, -0.2) is 53.7 Å². The number of esters is 2. The molecular weight excluding hydrogens is 452 g/mol. The van der Waals surface area contributed by atoms with Crippen molar-refractivity contribution in [3.05, 3.63) is 108 Å². The Labute approximate surface area is 200 Å². The van der Waals surface area contributed by atoms with Gasteiger partial charge in [0.2, 0.25) is 0 Å². The van der Waals surface area contributed by atoms with Crippen molar-refractivity contribution in [1.82, 2.24) is 0 Å². The lowest BCUT2D eigenvalue weighted by molar-refractivity contribution is -0.546. The molecule has 3 aliphatic heterocycles. The first kappa shape index (κ1) is 21.9. The van der Waals surface area contributed by atoms with Crippen LogP contribution >= 0.6 is 0 Å². The van der Waals surface area contributed by atoms with Crippen LogP contribution in [0.25, 0.3) is 0 Å². The quantitative estimate of drug-likeness (QED) is 0.564. The van der Waals surface area contributed by atoms with Gasteiger partial charge in [0.25, 0.3) is 0 Å². The molecule has 3 heterocycles. The Morgan fingerprint density at radius 1 is 0.629 bits per heavy atom. The van der Waals surface area contributed by atoms with Crippen LogP contribution in [0.3, 0.4) is 0 Å². The molecule has 1 saturated carbocycles. The third-order valence-electron chi connectivity index (χ3n) is 6.47. The predicted molar refractivity (Wildman–Crippen MR) is 120 cm³/mol. The van der Waals surface area contributed by atoms with Crippen molar-refractivity contribution in [1.29, 1.82) is 0 Å². The molecular formula is C27H22O8. The van der Waals surface area contributed by atoms with Crippen molar-refractivity contribution in [2.45, 2.75) is 42.6 Å². The van der Waals surface area contributed by atoms with E-state index in [-0.39, 0.29) is 0 Å². The Bertz CT molecular complexity index is 1140. The fourth-order valence-corrected chi connectivity index (χ4v) is 4.81. The van der Waals surface area contributed by atoms with E-state index in [1.165, 1.54) is 0 Å². The van der Waals surface area contributed by atoms with Crippen molar-refractivity contribution >= 4 is 11.9 Å². The zero-order valence-corrected chi connectivity index (χ0v) is 18.4. The summed E-state index contributed by atoms with van der Waals surface area (Å²) in [4.78, 5) is 25.8. The third-order valence-corrected chi connectivity index (χ3v) is 6.47. The first-order valence-electron chi connectivity index (χ1n) is 11.3. The van der Waals surface area contributed by atoms with Crippen molar-refractivity contribution in [3.63, 3.8) is 0 Å². The number of rotatable bonds is 5. The third kappa shape index (κ3) is 3.71. The molecule has 8 nitrogen and oxygen atoms in total. The van der Waals surface area contributed by atoms with Gasteiger partial charge in [0, 0.05) is 5.56 Å². The average molecular weight is 474 g/mol. The zero-order chi connectivity index (χ0) is 24.0. The van der Waals surface area contributed by atoms with Crippen molar-refractivity contribution < 1.29 is 38.4 Å². The lowest BCUT2D eigenvalue weighted by atomic mass is 9.81. The summed E-state index contributed by atoms with van der Waals surface area (Å²) in [5, 5.41) is 11.1. The fraction of sp³-hybridized carbons (Fsp3) is 0.259. The van der Waals surface area contributed by atoms with E-state index in [1.54, 1.807) is 84.9 Å². The summed E-state index contributed by atoms with van der Waals surface area (Å²) >= 11 is 0. The van der Waals surface area contributed by atoms with Crippen LogP contribution in [-0.2, 0) is 29.7 Å². The Balaban J connectivity index is 1.34. The summed E-state index contributed by atoms with van der Waals surface area (Å²) in [5.41, 5.74) is 1.25. The normalized spacial score (nSPS) is 32.7. The molecule has 3 aromatic carbocycles. The highest BCUT2D eigenvalue weighted by Gasteiger charge is 2.70. The first-order valence-corrected chi connectivity index (χ1v) is 11.3. The SMILES string of the molecule is O=C(O[C@H]1C2OC3(c4ccccc4)O[C@@H]1C(O)[C@H](O3)[C@H]2OC(=O)c1ccccc1)c1ccccc1. The molecule has 7 rings (SSSR count). The molecule has 3 aromatic rings. The number of ether oxygens (including phenoxy) is 5. The van der Waals surface area contributed by atoms with E-state index in [9.17, 15) is 14.7 Å². The van der Waals surface area contributed by atoms with Gasteiger partial charge < -0.3 is 28.8 Å². The van der Waals surface area contributed by atoms with Crippen LogP contribution < -0.4 is 0 Å². The van der Waals surface area contributed by atoms with E-state index >= 15 is 0 Å². The van der Waals surface area contributed by atoms with E-state index in [0.29, 0.717) is 16.7 Å². The van der Waals surface area contributed by atoms with Gasteiger partial charge >= 0.3 is 17.9 Å². The van der Waals surface area contributed by atoms with Crippen LogP contribution in [0.2, 0.25) is 0 Å². The van der Waals surface area contributed by atoms with Crippen molar-refractivity contribution in [3.8, 4) is 0 Å². The van der Waals surface area contributed by atoms with Crippen LogP contribution in [0.5, 0.6) is 0 Å². The topological polar surface area (TPSA) is 101 Å². The highest BCUT2D eigenvalue weighted by molar-refractivity contribution is 5.90. The number of aliphatic hydroxyl groups excluding tert-OH is 1. The summed E-state index contributed by atoms with van der Waals surface area (Å²) in [5.74, 6) is -2.83. The lowest BCUT2D eigenvalue weighted by Crippen LogP contribution is -2.78. The summed E-state index contributed by atoms with van der Waals surface area (Å²) < 4.78 is 30.0. The highest BCUT2D eigenvalue weighted by Crippen LogP contribution is 2.51. The fourth-order valence-electron chi connectivity index (χ4n) is 4.81. The number of benzene rings is 3. The molecule has 8 heteroatoms. The van der Waals surface area contributed by atoms with E-state index in [4.69, 9.17) is 23.7 Å². The molecule has 0 spiro atoms. The molecule has 35 heavy (non-hydrogen) atoms. The molecule has 4 bridgehead atoms. The Morgan fingerprint density at radius 3 is 1.49 bits per heavy atom. The zero-order valence-electron chi connectivity index (χ0n) is 18.4. The van der Waals surface area contributed by atoms with E-state index in [2.05, 4.69) is 0 Å². The molecule has 0 amide bonds. The maximum atomic E-state index is 12.9. The van der Waals surface area contributed by atoms with Crippen LogP contribution in [0.4, 0.5) is 0 Å². The molecule has 4 aliphatic rings. The number of carbonyl (C=O) groups is 2. The van der Waals surface area contributed by atoms with Gasteiger partial charge in [0.05, 0.1) is 11.1 Å². The summed E-state index contributed by atoms with van der Waals surface area (Å²) in [6.45, 7) is 0. The van der Waals surface area contributed by atoms with Gasteiger partial charge in [0.1, 0.15) is 24.4 Å². The van der Waals surface area contributed by atoms with Gasteiger partial charge in [-0.05, 0) is 24.3 Å². The highest BCUT2D eigenvalue weighted by atomic mass is 16.9. The summed E-state index contributed by atoms with van der Waals surface area (Å²) in [6, 6.07) is 25.9. The van der Waals surface area contributed by atoms with Gasteiger partial charge in [-0.1, -0.05) is 66.7 Å². The minimum Gasteiger partial charge on any atom is -0.453 e. The van der Waals surface area contributed by atoms with Gasteiger partial charge in [0.15, 0.2) is 12.2 Å². The van der Waals surface area contributed by atoms with Crippen LogP contribution in [0, 0.1) is 0 Å². The van der Waals surface area contributed by atoms with Crippen LogP contribution in [0.15, 0.2) is 91.0 Å². The number of hydrogen-bond acceptors (Lipinski definition) is 8. The smallest absolute Gasteiger partial charge is 0.338 e. The largest absolute Gasteiger partial charge is 0.453 e. The van der Waals surface area contributed by atoms with Gasteiger partial charge in [-0.3, -0.25) is 0 Å². The minimum absolute atomic E-state index is 0.336. The second-order valence-corrected chi connectivity index (χ2v) is 8.63. The Kier molecular flexibility index (Phi) is 5.38. The van der Waals surface area contributed by atoms with Crippen molar-refractivity contribution in [2.75, 3.05) is 0 Å². The molecule has 1 N–H and O–H groups in total. The van der Waals surface area contributed by atoms with Crippen molar-refractivity contribution in [2.24, 2.45) is 0 Å². The minimum atomic E-state index is -1.62. The van der Waals surface area contributed by atoms with Gasteiger partial charge in [-0.25, -0.2) is 9.59 Å². The van der Waals surface area contributed by atoms with Gasteiger partial charge in [-0.2, -0.15) is 0 Å². The monoisotopic (exact) mass is 474 g/mol. The molecule has 1 aliphatic carbocycles. The predicted octanol–water partition coefficient (Wildman–Crippen LogP) is 2.81.